The second kappa shape index (κ2) is 10.5. The predicted octanol–water partition coefficient (Wildman–Crippen LogP) is 4.18. The molecule has 1 aliphatic rings. The van der Waals surface area contributed by atoms with E-state index < -0.39 is 0 Å². The summed E-state index contributed by atoms with van der Waals surface area (Å²) in [5.41, 5.74) is 1.27. The van der Waals surface area contributed by atoms with Crippen molar-refractivity contribution in [1.29, 1.82) is 0 Å². The van der Waals surface area contributed by atoms with E-state index in [1.54, 1.807) is 4.90 Å². The highest BCUT2D eigenvalue weighted by Crippen LogP contribution is 2.28. The standard InChI is InChI=1S/C26H34N2O3/c1-20(18-26(2,3)22-10-6-4-7-11-22)27-25(30)21-14-16-28(17-15-21)24(29)19-31-23-12-8-5-9-13-23/h4-13,20-21H,14-19H2,1-3H3,(H,27,30). The Morgan fingerprint density at radius 3 is 2.23 bits per heavy atom. The van der Waals surface area contributed by atoms with E-state index in [1.165, 1.54) is 5.56 Å². The molecule has 0 bridgehead atoms. The molecule has 1 N–H and O–H groups in total. The lowest BCUT2D eigenvalue weighted by atomic mass is 9.79. The van der Waals surface area contributed by atoms with E-state index in [-0.39, 0.29) is 35.8 Å². The molecular formula is C26H34N2O3. The van der Waals surface area contributed by atoms with Gasteiger partial charge in [0, 0.05) is 25.0 Å². The number of amides is 2. The summed E-state index contributed by atoms with van der Waals surface area (Å²) in [6.07, 6.45) is 2.26. The SMILES string of the molecule is CC(CC(C)(C)c1ccccc1)NC(=O)C1CCN(C(=O)COc2ccccc2)CC1. The second-order valence-corrected chi connectivity index (χ2v) is 9.12. The van der Waals surface area contributed by atoms with Gasteiger partial charge in [-0.25, -0.2) is 0 Å². The van der Waals surface area contributed by atoms with Gasteiger partial charge >= 0.3 is 0 Å². The van der Waals surface area contributed by atoms with Crippen molar-refractivity contribution in [2.24, 2.45) is 5.92 Å². The quantitative estimate of drug-likeness (QED) is 0.694. The van der Waals surface area contributed by atoms with Crippen LogP contribution in [0.4, 0.5) is 0 Å². The van der Waals surface area contributed by atoms with Crippen LogP contribution in [0.3, 0.4) is 0 Å². The Labute approximate surface area is 185 Å². The largest absolute Gasteiger partial charge is 0.484 e. The van der Waals surface area contributed by atoms with Gasteiger partial charge in [-0.05, 0) is 49.3 Å². The maximum absolute atomic E-state index is 12.8. The first kappa shape index (κ1) is 22.9. The molecule has 0 aromatic heterocycles. The van der Waals surface area contributed by atoms with Gasteiger partial charge in [-0.1, -0.05) is 62.4 Å². The Morgan fingerprint density at radius 2 is 1.61 bits per heavy atom. The third-order valence-electron chi connectivity index (χ3n) is 6.08. The molecule has 0 spiro atoms. The van der Waals surface area contributed by atoms with Crippen LogP contribution >= 0.6 is 0 Å². The summed E-state index contributed by atoms with van der Waals surface area (Å²) in [5.74, 6) is 0.726. The lowest BCUT2D eigenvalue weighted by Crippen LogP contribution is -2.46. The van der Waals surface area contributed by atoms with Crippen molar-refractivity contribution in [1.82, 2.24) is 10.2 Å². The van der Waals surface area contributed by atoms with E-state index in [1.807, 2.05) is 36.4 Å². The van der Waals surface area contributed by atoms with E-state index in [2.05, 4.69) is 50.4 Å². The van der Waals surface area contributed by atoms with Crippen molar-refractivity contribution >= 4 is 11.8 Å². The number of para-hydroxylation sites is 1. The molecule has 31 heavy (non-hydrogen) atoms. The molecule has 166 valence electrons. The molecule has 0 saturated carbocycles. The number of hydrogen-bond acceptors (Lipinski definition) is 3. The van der Waals surface area contributed by atoms with Crippen molar-refractivity contribution in [3.63, 3.8) is 0 Å². The topological polar surface area (TPSA) is 58.6 Å². The average molecular weight is 423 g/mol. The third kappa shape index (κ3) is 6.58. The molecule has 1 heterocycles. The van der Waals surface area contributed by atoms with Crippen LogP contribution in [0.2, 0.25) is 0 Å². The number of carbonyl (C=O) groups excluding carboxylic acids is 2. The van der Waals surface area contributed by atoms with E-state index >= 15 is 0 Å². The molecule has 0 aliphatic carbocycles. The van der Waals surface area contributed by atoms with Gasteiger partial charge in [0.05, 0.1) is 0 Å². The zero-order valence-electron chi connectivity index (χ0n) is 18.8. The Kier molecular flexibility index (Phi) is 7.72. The van der Waals surface area contributed by atoms with Gasteiger partial charge in [-0.2, -0.15) is 0 Å². The number of likely N-dealkylation sites (tertiary alicyclic amines) is 1. The smallest absolute Gasteiger partial charge is 0.260 e. The van der Waals surface area contributed by atoms with Crippen LogP contribution in [-0.2, 0) is 15.0 Å². The normalized spacial score (nSPS) is 15.9. The minimum atomic E-state index is -0.0404. The number of piperidine rings is 1. The van der Waals surface area contributed by atoms with E-state index in [0.717, 1.165) is 6.42 Å². The maximum Gasteiger partial charge on any atom is 0.260 e. The molecule has 2 amide bonds. The molecule has 3 rings (SSSR count). The fraction of sp³-hybridized carbons (Fsp3) is 0.462. The molecule has 1 atom stereocenters. The number of nitrogens with one attached hydrogen (secondary N) is 1. The molecular weight excluding hydrogens is 388 g/mol. The van der Waals surface area contributed by atoms with Gasteiger partial charge in [0.25, 0.3) is 5.91 Å². The summed E-state index contributed by atoms with van der Waals surface area (Å²) >= 11 is 0. The fourth-order valence-electron chi connectivity index (χ4n) is 4.33. The zero-order valence-corrected chi connectivity index (χ0v) is 18.8. The van der Waals surface area contributed by atoms with Crippen molar-refractivity contribution in [3.8, 4) is 5.75 Å². The first-order valence-corrected chi connectivity index (χ1v) is 11.2. The highest BCUT2D eigenvalue weighted by molar-refractivity contribution is 5.80. The van der Waals surface area contributed by atoms with E-state index in [4.69, 9.17) is 4.74 Å². The summed E-state index contributed by atoms with van der Waals surface area (Å²) < 4.78 is 5.56. The highest BCUT2D eigenvalue weighted by atomic mass is 16.5. The van der Waals surface area contributed by atoms with Gasteiger partial charge in [-0.15, -0.1) is 0 Å². The van der Waals surface area contributed by atoms with E-state index in [0.29, 0.717) is 31.7 Å². The van der Waals surface area contributed by atoms with Crippen LogP contribution in [0.1, 0.15) is 45.6 Å². The molecule has 5 heteroatoms. The lowest BCUT2D eigenvalue weighted by molar-refractivity contribution is -0.137. The van der Waals surface area contributed by atoms with Gasteiger partial charge in [0.1, 0.15) is 5.75 Å². The van der Waals surface area contributed by atoms with Gasteiger partial charge in [0.15, 0.2) is 6.61 Å². The first-order valence-electron chi connectivity index (χ1n) is 11.2. The average Bonchev–Trinajstić information content (AvgIpc) is 2.78. The molecule has 0 radical (unpaired) electrons. The lowest BCUT2D eigenvalue weighted by Gasteiger charge is -2.33. The van der Waals surface area contributed by atoms with Gasteiger partial charge < -0.3 is 15.0 Å². The second-order valence-electron chi connectivity index (χ2n) is 9.12. The first-order chi connectivity index (χ1) is 14.8. The van der Waals surface area contributed by atoms with E-state index in [9.17, 15) is 9.59 Å². The number of benzene rings is 2. The molecule has 1 unspecified atom stereocenters. The molecule has 1 aliphatic heterocycles. The molecule has 5 nitrogen and oxygen atoms in total. The summed E-state index contributed by atoms with van der Waals surface area (Å²) in [6, 6.07) is 19.9. The zero-order chi connectivity index (χ0) is 22.3. The highest BCUT2D eigenvalue weighted by Gasteiger charge is 2.29. The maximum atomic E-state index is 12.8. The summed E-state index contributed by atoms with van der Waals surface area (Å²) in [5, 5.41) is 3.20. The Morgan fingerprint density at radius 1 is 1.03 bits per heavy atom. The predicted molar refractivity (Wildman–Crippen MR) is 123 cm³/mol. The monoisotopic (exact) mass is 422 g/mol. The van der Waals surface area contributed by atoms with Gasteiger partial charge in [-0.3, -0.25) is 9.59 Å². The molecule has 2 aromatic carbocycles. The number of nitrogens with zero attached hydrogens (tertiary/aromatic N) is 1. The van der Waals surface area contributed by atoms with Gasteiger partial charge in [0.2, 0.25) is 5.91 Å². The third-order valence-corrected chi connectivity index (χ3v) is 6.08. The van der Waals surface area contributed by atoms with Crippen LogP contribution < -0.4 is 10.1 Å². The van der Waals surface area contributed by atoms with Crippen molar-refractivity contribution in [2.75, 3.05) is 19.7 Å². The minimum Gasteiger partial charge on any atom is -0.484 e. The van der Waals surface area contributed by atoms with Crippen LogP contribution in [0.5, 0.6) is 5.75 Å². The van der Waals surface area contributed by atoms with Crippen LogP contribution in [0.25, 0.3) is 0 Å². The molecule has 1 saturated heterocycles. The van der Waals surface area contributed by atoms with Crippen molar-refractivity contribution in [3.05, 3.63) is 66.2 Å². The summed E-state index contributed by atoms with van der Waals surface area (Å²) in [7, 11) is 0. The molecule has 2 aromatic rings. The number of ether oxygens (including phenoxy) is 1. The molecule has 1 fully saturated rings. The Hall–Kier alpha value is -2.82. The van der Waals surface area contributed by atoms with Crippen LogP contribution in [0, 0.1) is 5.92 Å². The number of hydrogen-bond donors (Lipinski definition) is 1. The Bertz CT molecular complexity index is 843. The van der Waals surface area contributed by atoms with Crippen LogP contribution in [0.15, 0.2) is 60.7 Å². The summed E-state index contributed by atoms with van der Waals surface area (Å²) in [6.45, 7) is 7.73. The summed E-state index contributed by atoms with van der Waals surface area (Å²) in [4.78, 5) is 27.0. The Balaban J connectivity index is 1.41. The van der Waals surface area contributed by atoms with Crippen molar-refractivity contribution < 1.29 is 14.3 Å². The van der Waals surface area contributed by atoms with Crippen molar-refractivity contribution in [2.45, 2.75) is 51.5 Å². The number of rotatable bonds is 8. The fourth-order valence-corrected chi connectivity index (χ4v) is 4.33. The number of carbonyl (C=O) groups is 2. The van der Waals surface area contributed by atoms with Crippen LogP contribution in [-0.4, -0.2) is 42.5 Å². The minimum absolute atomic E-state index is 0.0114.